The standard InChI is InChI=1S/C25H22N2O5S/c1-15-7-9-20(30-2)19(11-15)27-23(28)13-33-25(27)17-5-3-4-6-18(17)26-24(29)16-8-10-21-22(12-16)32-14-31-21/h3-12,25H,13-14H2,1-2H3,(H,26,29). The summed E-state index contributed by atoms with van der Waals surface area (Å²) in [7, 11) is 1.59. The SMILES string of the molecule is COc1ccc(C)cc1N1C(=O)CSC1c1ccccc1NC(=O)c1ccc2c(c1)OCO2. The van der Waals surface area contributed by atoms with Gasteiger partial charge < -0.3 is 19.5 Å². The molecule has 0 spiro atoms. The molecule has 3 aromatic carbocycles. The molecule has 2 heterocycles. The van der Waals surface area contributed by atoms with Crippen LogP contribution in [0.15, 0.2) is 60.7 Å². The second kappa shape index (κ2) is 8.71. The number of fused-ring (bicyclic) bond motifs is 1. The molecule has 33 heavy (non-hydrogen) atoms. The van der Waals surface area contributed by atoms with Gasteiger partial charge in [-0.25, -0.2) is 0 Å². The van der Waals surface area contributed by atoms with Crippen LogP contribution in [0.2, 0.25) is 0 Å². The van der Waals surface area contributed by atoms with E-state index < -0.39 is 0 Å². The Bertz CT molecular complexity index is 1250. The van der Waals surface area contributed by atoms with E-state index in [4.69, 9.17) is 14.2 Å². The monoisotopic (exact) mass is 462 g/mol. The normalized spacial score (nSPS) is 16.7. The number of amides is 2. The molecule has 1 saturated heterocycles. The first-order valence-corrected chi connectivity index (χ1v) is 11.5. The van der Waals surface area contributed by atoms with Gasteiger partial charge in [-0.05, 0) is 48.9 Å². The highest BCUT2D eigenvalue weighted by molar-refractivity contribution is 8.00. The number of thioether (sulfide) groups is 1. The van der Waals surface area contributed by atoms with E-state index in [1.807, 2.05) is 49.4 Å². The smallest absolute Gasteiger partial charge is 0.255 e. The molecule has 168 valence electrons. The summed E-state index contributed by atoms with van der Waals surface area (Å²) < 4.78 is 16.3. The first-order valence-electron chi connectivity index (χ1n) is 10.4. The van der Waals surface area contributed by atoms with Crippen LogP contribution >= 0.6 is 11.8 Å². The lowest BCUT2D eigenvalue weighted by Gasteiger charge is -2.27. The summed E-state index contributed by atoms with van der Waals surface area (Å²) >= 11 is 1.52. The van der Waals surface area contributed by atoms with Gasteiger partial charge >= 0.3 is 0 Å². The van der Waals surface area contributed by atoms with Gasteiger partial charge in [0.15, 0.2) is 11.5 Å². The van der Waals surface area contributed by atoms with Gasteiger partial charge in [-0.15, -0.1) is 11.8 Å². The minimum Gasteiger partial charge on any atom is -0.495 e. The van der Waals surface area contributed by atoms with Gasteiger partial charge in [0.2, 0.25) is 12.7 Å². The van der Waals surface area contributed by atoms with Crippen molar-refractivity contribution in [3.63, 3.8) is 0 Å². The topological polar surface area (TPSA) is 77.1 Å². The van der Waals surface area contributed by atoms with Crippen LogP contribution < -0.4 is 24.4 Å². The van der Waals surface area contributed by atoms with Crippen LogP contribution in [0.25, 0.3) is 0 Å². The molecule has 8 heteroatoms. The van der Waals surface area contributed by atoms with Crippen LogP contribution in [0.4, 0.5) is 11.4 Å². The first-order chi connectivity index (χ1) is 16.0. The minimum absolute atomic E-state index is 0.00852. The largest absolute Gasteiger partial charge is 0.495 e. The third-order valence-electron chi connectivity index (χ3n) is 5.57. The molecule has 0 radical (unpaired) electrons. The second-order valence-corrected chi connectivity index (χ2v) is 8.78. The average Bonchev–Trinajstić information content (AvgIpc) is 3.45. The van der Waals surface area contributed by atoms with Crippen LogP contribution in [-0.4, -0.2) is 31.5 Å². The number of benzene rings is 3. The molecule has 2 aliphatic heterocycles. The number of rotatable bonds is 5. The number of nitrogens with zero attached hydrogens (tertiary/aromatic N) is 1. The fraction of sp³-hybridized carbons (Fsp3) is 0.200. The van der Waals surface area contributed by atoms with Gasteiger partial charge in [0, 0.05) is 16.8 Å². The van der Waals surface area contributed by atoms with E-state index in [2.05, 4.69) is 5.32 Å². The average molecular weight is 463 g/mol. The van der Waals surface area contributed by atoms with Crippen molar-refractivity contribution in [1.82, 2.24) is 0 Å². The maximum atomic E-state index is 13.0. The molecule has 0 aliphatic carbocycles. The molecule has 0 aromatic heterocycles. The molecule has 2 amide bonds. The molecule has 2 aliphatic rings. The van der Waals surface area contributed by atoms with E-state index in [0.717, 1.165) is 16.8 Å². The lowest BCUT2D eigenvalue weighted by Crippen LogP contribution is -2.29. The lowest BCUT2D eigenvalue weighted by molar-refractivity contribution is -0.115. The van der Waals surface area contributed by atoms with Crippen molar-refractivity contribution in [3.8, 4) is 17.2 Å². The van der Waals surface area contributed by atoms with Crippen molar-refractivity contribution < 1.29 is 23.8 Å². The zero-order valence-electron chi connectivity index (χ0n) is 18.2. The van der Waals surface area contributed by atoms with Crippen LogP contribution in [-0.2, 0) is 4.79 Å². The van der Waals surface area contributed by atoms with Crippen LogP contribution in [0.5, 0.6) is 17.2 Å². The molecular weight excluding hydrogens is 440 g/mol. The van der Waals surface area contributed by atoms with E-state index >= 15 is 0 Å². The lowest BCUT2D eigenvalue weighted by atomic mass is 10.1. The number of carbonyl (C=O) groups is 2. The summed E-state index contributed by atoms with van der Waals surface area (Å²) in [5.41, 5.74) is 3.68. The highest BCUT2D eigenvalue weighted by Gasteiger charge is 2.37. The van der Waals surface area contributed by atoms with E-state index in [0.29, 0.717) is 34.3 Å². The molecular formula is C25H22N2O5S. The van der Waals surface area contributed by atoms with Crippen molar-refractivity contribution >= 4 is 35.0 Å². The predicted octanol–water partition coefficient (Wildman–Crippen LogP) is 4.76. The Balaban J connectivity index is 1.47. The van der Waals surface area contributed by atoms with Gasteiger partial charge in [-0.3, -0.25) is 14.5 Å². The number of nitrogens with one attached hydrogen (secondary N) is 1. The summed E-state index contributed by atoms with van der Waals surface area (Å²) in [5, 5.41) is 2.70. The highest BCUT2D eigenvalue weighted by atomic mass is 32.2. The van der Waals surface area contributed by atoms with Gasteiger partial charge in [0.25, 0.3) is 5.91 Å². The van der Waals surface area contributed by atoms with Gasteiger partial charge in [-0.2, -0.15) is 0 Å². The molecule has 1 fully saturated rings. The Hall–Kier alpha value is -3.65. The van der Waals surface area contributed by atoms with Gasteiger partial charge in [-0.1, -0.05) is 24.3 Å². The maximum Gasteiger partial charge on any atom is 0.255 e. The molecule has 1 N–H and O–H groups in total. The number of aryl methyl sites for hydroxylation is 1. The number of ether oxygens (including phenoxy) is 3. The molecule has 0 saturated carbocycles. The quantitative estimate of drug-likeness (QED) is 0.589. The molecule has 1 atom stereocenters. The predicted molar refractivity (Wildman–Crippen MR) is 127 cm³/mol. The number of hydrogen-bond donors (Lipinski definition) is 1. The Kier molecular flexibility index (Phi) is 5.60. The second-order valence-electron chi connectivity index (χ2n) is 7.71. The summed E-state index contributed by atoms with van der Waals surface area (Å²) in [6, 6.07) is 18.4. The van der Waals surface area contributed by atoms with E-state index in [1.54, 1.807) is 30.2 Å². The number of carbonyl (C=O) groups excluding carboxylic acids is 2. The molecule has 0 bridgehead atoms. The van der Waals surface area contributed by atoms with Gasteiger partial charge in [0.1, 0.15) is 11.1 Å². The fourth-order valence-corrected chi connectivity index (χ4v) is 5.17. The third kappa shape index (κ3) is 3.98. The first kappa shape index (κ1) is 21.2. The Morgan fingerprint density at radius 2 is 1.91 bits per heavy atom. The molecule has 1 unspecified atom stereocenters. The van der Waals surface area contributed by atoms with Crippen molar-refractivity contribution in [2.24, 2.45) is 0 Å². The van der Waals surface area contributed by atoms with Crippen molar-refractivity contribution in [3.05, 3.63) is 77.4 Å². The summed E-state index contributed by atoms with van der Waals surface area (Å²) in [4.78, 5) is 27.7. The maximum absolute atomic E-state index is 13.0. The molecule has 3 aromatic rings. The Labute approximate surface area is 195 Å². The number of hydrogen-bond acceptors (Lipinski definition) is 6. The van der Waals surface area contributed by atoms with E-state index in [9.17, 15) is 9.59 Å². The molecule has 5 rings (SSSR count). The summed E-state index contributed by atoms with van der Waals surface area (Å²) in [6.07, 6.45) is 0. The van der Waals surface area contributed by atoms with Crippen molar-refractivity contribution in [1.29, 1.82) is 0 Å². The third-order valence-corrected chi connectivity index (χ3v) is 6.77. The van der Waals surface area contributed by atoms with Crippen LogP contribution in [0, 0.1) is 6.92 Å². The Morgan fingerprint density at radius 1 is 1.09 bits per heavy atom. The van der Waals surface area contributed by atoms with Crippen LogP contribution in [0.3, 0.4) is 0 Å². The van der Waals surface area contributed by atoms with E-state index in [1.165, 1.54) is 11.8 Å². The minimum atomic E-state index is -0.304. The van der Waals surface area contributed by atoms with Crippen molar-refractivity contribution in [2.45, 2.75) is 12.3 Å². The Morgan fingerprint density at radius 3 is 2.76 bits per heavy atom. The number of para-hydroxylation sites is 1. The number of methoxy groups -OCH3 is 1. The highest BCUT2D eigenvalue weighted by Crippen LogP contribution is 2.47. The summed E-state index contributed by atoms with van der Waals surface area (Å²) in [5.74, 6) is 1.86. The fourth-order valence-electron chi connectivity index (χ4n) is 3.96. The van der Waals surface area contributed by atoms with Crippen LogP contribution in [0.1, 0.15) is 26.9 Å². The zero-order valence-corrected chi connectivity index (χ0v) is 19.0. The van der Waals surface area contributed by atoms with E-state index in [-0.39, 0.29) is 24.0 Å². The zero-order chi connectivity index (χ0) is 22.9. The summed E-state index contributed by atoms with van der Waals surface area (Å²) in [6.45, 7) is 2.12. The van der Waals surface area contributed by atoms with Crippen molar-refractivity contribution in [2.75, 3.05) is 29.9 Å². The number of anilines is 2. The molecule has 7 nitrogen and oxygen atoms in total. The van der Waals surface area contributed by atoms with Gasteiger partial charge in [0.05, 0.1) is 18.6 Å².